The summed E-state index contributed by atoms with van der Waals surface area (Å²) in [5.74, 6) is -0.280. The van der Waals surface area contributed by atoms with Crippen LogP contribution in [0.5, 0.6) is 0 Å². The van der Waals surface area contributed by atoms with Crippen LogP contribution < -0.4 is 5.73 Å². The molecule has 0 spiro atoms. The average molecular weight is 327 g/mol. The third-order valence-corrected chi connectivity index (χ3v) is 4.49. The topological polar surface area (TPSA) is 94.1 Å². The quantitative estimate of drug-likeness (QED) is 0.806. The van der Waals surface area contributed by atoms with Crippen LogP contribution in [0.25, 0.3) is 0 Å². The zero-order chi connectivity index (χ0) is 17.0. The molecule has 126 valence electrons. The summed E-state index contributed by atoms with van der Waals surface area (Å²) < 4.78 is 1.70. The number of rotatable bonds is 7. The molecule has 2 N–H and O–H groups in total. The molecule has 7 heteroatoms. The lowest BCUT2D eigenvalue weighted by Crippen LogP contribution is -2.64. The first-order chi connectivity index (χ1) is 11.6. The standard InChI is InChI=1S/C17H21N5O2/c18-16(24)17(9-14-5-2-1-3-6-14)10-21(11-17)15(23)7-4-8-22-13-19-12-20-22/h1-3,5-6,12-13H,4,7-11H2,(H2,18,24). The number of nitrogens with zero attached hydrogens (tertiary/aromatic N) is 4. The normalized spacial score (nSPS) is 15.8. The van der Waals surface area contributed by atoms with Gasteiger partial charge in [0.15, 0.2) is 0 Å². The molecule has 3 rings (SSSR count). The third kappa shape index (κ3) is 3.45. The highest BCUT2D eigenvalue weighted by molar-refractivity contribution is 5.87. The van der Waals surface area contributed by atoms with Crippen LogP contribution in [0.4, 0.5) is 0 Å². The van der Waals surface area contributed by atoms with Crippen molar-refractivity contribution in [3.8, 4) is 0 Å². The van der Waals surface area contributed by atoms with Crippen LogP contribution >= 0.6 is 0 Å². The van der Waals surface area contributed by atoms with E-state index in [9.17, 15) is 9.59 Å². The second-order valence-electron chi connectivity index (χ2n) is 6.32. The van der Waals surface area contributed by atoms with Crippen molar-refractivity contribution in [1.29, 1.82) is 0 Å². The Hall–Kier alpha value is -2.70. The molecule has 0 radical (unpaired) electrons. The average Bonchev–Trinajstić information content (AvgIpc) is 3.04. The summed E-state index contributed by atoms with van der Waals surface area (Å²) in [5, 5.41) is 4.00. The molecule has 1 aromatic carbocycles. The fourth-order valence-corrected chi connectivity index (χ4v) is 3.10. The molecule has 1 fully saturated rings. The molecule has 1 aliphatic rings. The molecule has 0 unspecified atom stereocenters. The van der Waals surface area contributed by atoms with Gasteiger partial charge in [-0.25, -0.2) is 4.98 Å². The molecule has 1 aromatic heterocycles. The number of carbonyl (C=O) groups is 2. The number of aryl methyl sites for hydroxylation is 1. The predicted molar refractivity (Wildman–Crippen MR) is 87.6 cm³/mol. The van der Waals surface area contributed by atoms with Gasteiger partial charge in [-0.2, -0.15) is 5.10 Å². The zero-order valence-electron chi connectivity index (χ0n) is 13.5. The Morgan fingerprint density at radius 1 is 1.21 bits per heavy atom. The van der Waals surface area contributed by atoms with E-state index in [1.165, 1.54) is 6.33 Å². The number of hydrogen-bond acceptors (Lipinski definition) is 4. The van der Waals surface area contributed by atoms with Gasteiger partial charge in [-0.3, -0.25) is 14.3 Å². The summed E-state index contributed by atoms with van der Waals surface area (Å²) in [4.78, 5) is 29.7. The molecule has 0 bridgehead atoms. The van der Waals surface area contributed by atoms with E-state index < -0.39 is 5.41 Å². The maximum Gasteiger partial charge on any atom is 0.227 e. The molecule has 0 aliphatic carbocycles. The Labute approximate surface area is 140 Å². The van der Waals surface area contributed by atoms with Crippen LogP contribution in [0.2, 0.25) is 0 Å². The van der Waals surface area contributed by atoms with E-state index in [0.717, 1.165) is 5.56 Å². The number of likely N-dealkylation sites (tertiary alicyclic amines) is 1. The summed E-state index contributed by atoms with van der Waals surface area (Å²) in [6, 6.07) is 9.78. The minimum Gasteiger partial charge on any atom is -0.369 e. The smallest absolute Gasteiger partial charge is 0.227 e. The Bertz CT molecular complexity index is 693. The molecule has 2 aromatic rings. The number of hydrogen-bond donors (Lipinski definition) is 1. The third-order valence-electron chi connectivity index (χ3n) is 4.49. The summed E-state index contributed by atoms with van der Waals surface area (Å²) >= 11 is 0. The van der Waals surface area contributed by atoms with Gasteiger partial charge in [0.05, 0.1) is 5.41 Å². The van der Waals surface area contributed by atoms with Gasteiger partial charge >= 0.3 is 0 Å². The highest BCUT2D eigenvalue weighted by Gasteiger charge is 2.49. The Morgan fingerprint density at radius 3 is 2.58 bits per heavy atom. The highest BCUT2D eigenvalue weighted by Crippen LogP contribution is 2.34. The molecule has 24 heavy (non-hydrogen) atoms. The van der Waals surface area contributed by atoms with Gasteiger partial charge in [-0.1, -0.05) is 30.3 Å². The molecule has 1 saturated heterocycles. The first-order valence-electron chi connectivity index (χ1n) is 8.03. The van der Waals surface area contributed by atoms with E-state index >= 15 is 0 Å². The monoisotopic (exact) mass is 327 g/mol. The van der Waals surface area contributed by atoms with Gasteiger partial charge in [-0.15, -0.1) is 0 Å². The maximum atomic E-state index is 12.2. The van der Waals surface area contributed by atoms with E-state index in [1.807, 2.05) is 30.3 Å². The van der Waals surface area contributed by atoms with Crippen molar-refractivity contribution in [2.24, 2.45) is 11.1 Å². The molecule has 0 saturated carbocycles. The van der Waals surface area contributed by atoms with E-state index in [2.05, 4.69) is 10.1 Å². The first-order valence-corrected chi connectivity index (χ1v) is 8.03. The minimum atomic E-state index is -0.636. The SMILES string of the molecule is NC(=O)C1(Cc2ccccc2)CN(C(=O)CCCn2cncn2)C1. The van der Waals surface area contributed by atoms with Crippen LogP contribution in [-0.2, 0) is 22.6 Å². The highest BCUT2D eigenvalue weighted by atomic mass is 16.2. The number of amides is 2. The fraction of sp³-hybridized carbons (Fsp3) is 0.412. The van der Waals surface area contributed by atoms with Crippen LogP contribution in [0.3, 0.4) is 0 Å². The largest absolute Gasteiger partial charge is 0.369 e. The van der Waals surface area contributed by atoms with Crippen LogP contribution in [-0.4, -0.2) is 44.6 Å². The molecule has 1 aliphatic heterocycles. The lowest BCUT2D eigenvalue weighted by atomic mass is 9.74. The summed E-state index contributed by atoms with van der Waals surface area (Å²) in [5.41, 5.74) is 6.04. The van der Waals surface area contributed by atoms with E-state index in [0.29, 0.717) is 38.9 Å². The molecule has 2 heterocycles. The lowest BCUT2D eigenvalue weighted by molar-refractivity contribution is -0.151. The number of carbonyl (C=O) groups excluding carboxylic acids is 2. The van der Waals surface area contributed by atoms with Crippen LogP contribution in [0, 0.1) is 5.41 Å². The van der Waals surface area contributed by atoms with Crippen molar-refractivity contribution in [3.63, 3.8) is 0 Å². The summed E-state index contributed by atoms with van der Waals surface area (Å²) in [7, 11) is 0. The fourth-order valence-electron chi connectivity index (χ4n) is 3.10. The van der Waals surface area contributed by atoms with Crippen LogP contribution in [0.1, 0.15) is 18.4 Å². The van der Waals surface area contributed by atoms with Gasteiger partial charge < -0.3 is 10.6 Å². The lowest BCUT2D eigenvalue weighted by Gasteiger charge is -2.48. The molecular weight excluding hydrogens is 306 g/mol. The Morgan fingerprint density at radius 2 is 1.96 bits per heavy atom. The van der Waals surface area contributed by atoms with E-state index in [4.69, 9.17) is 5.73 Å². The summed E-state index contributed by atoms with van der Waals surface area (Å²) in [6.07, 6.45) is 4.81. The van der Waals surface area contributed by atoms with Gasteiger partial charge in [0.1, 0.15) is 12.7 Å². The van der Waals surface area contributed by atoms with Crippen LogP contribution in [0.15, 0.2) is 43.0 Å². The van der Waals surface area contributed by atoms with Crippen molar-refractivity contribution in [2.75, 3.05) is 13.1 Å². The number of nitrogens with two attached hydrogens (primary N) is 1. The second-order valence-corrected chi connectivity index (χ2v) is 6.32. The molecule has 2 amide bonds. The zero-order valence-corrected chi connectivity index (χ0v) is 13.5. The van der Waals surface area contributed by atoms with Gasteiger partial charge in [-0.05, 0) is 18.4 Å². The van der Waals surface area contributed by atoms with Crippen molar-refractivity contribution in [3.05, 3.63) is 48.5 Å². The van der Waals surface area contributed by atoms with E-state index in [-0.39, 0.29) is 11.8 Å². The number of aromatic nitrogens is 3. The van der Waals surface area contributed by atoms with Crippen molar-refractivity contribution < 1.29 is 9.59 Å². The maximum absolute atomic E-state index is 12.2. The molecule has 0 atom stereocenters. The Balaban J connectivity index is 1.51. The first kappa shape index (κ1) is 16.2. The van der Waals surface area contributed by atoms with Crippen molar-refractivity contribution in [2.45, 2.75) is 25.8 Å². The second kappa shape index (κ2) is 6.82. The van der Waals surface area contributed by atoms with Gasteiger partial charge in [0.2, 0.25) is 11.8 Å². The number of benzene rings is 1. The summed E-state index contributed by atoms with van der Waals surface area (Å²) in [6.45, 7) is 1.46. The minimum absolute atomic E-state index is 0.0556. The van der Waals surface area contributed by atoms with Gasteiger partial charge in [0.25, 0.3) is 0 Å². The van der Waals surface area contributed by atoms with Gasteiger partial charge in [0, 0.05) is 26.1 Å². The van der Waals surface area contributed by atoms with Crippen molar-refractivity contribution >= 4 is 11.8 Å². The number of primary amides is 1. The molecular formula is C17H21N5O2. The molecule has 7 nitrogen and oxygen atoms in total. The van der Waals surface area contributed by atoms with Crippen molar-refractivity contribution in [1.82, 2.24) is 19.7 Å². The predicted octanol–water partition coefficient (Wildman–Crippen LogP) is 0.615. The Kier molecular flexibility index (Phi) is 4.59. The van der Waals surface area contributed by atoms with E-state index in [1.54, 1.807) is 15.9 Å².